The lowest BCUT2D eigenvalue weighted by atomic mass is 10.0. The van der Waals surface area contributed by atoms with Crippen molar-refractivity contribution < 1.29 is 13.2 Å². The summed E-state index contributed by atoms with van der Waals surface area (Å²) in [5.74, 6) is -0.186. The van der Waals surface area contributed by atoms with E-state index in [2.05, 4.69) is 4.99 Å². The van der Waals surface area contributed by atoms with Crippen molar-refractivity contribution in [2.45, 2.75) is 38.0 Å². The number of benzene rings is 1. The second kappa shape index (κ2) is 7.70. The van der Waals surface area contributed by atoms with Crippen LogP contribution < -0.4 is 4.90 Å². The van der Waals surface area contributed by atoms with Gasteiger partial charge in [-0.2, -0.15) is 4.99 Å². The van der Waals surface area contributed by atoms with E-state index in [1.165, 1.54) is 11.8 Å². The Kier molecular flexibility index (Phi) is 5.92. The van der Waals surface area contributed by atoms with Gasteiger partial charge in [-0.1, -0.05) is 48.8 Å². The van der Waals surface area contributed by atoms with Crippen LogP contribution in [0, 0.1) is 5.92 Å². The van der Waals surface area contributed by atoms with Crippen LogP contribution in [0.4, 0.5) is 5.69 Å². The molecule has 2 saturated heterocycles. The summed E-state index contributed by atoms with van der Waals surface area (Å²) in [5.41, 5.74) is 0.629. The van der Waals surface area contributed by atoms with Crippen LogP contribution in [0.25, 0.3) is 0 Å². The van der Waals surface area contributed by atoms with E-state index in [4.69, 9.17) is 23.2 Å². The van der Waals surface area contributed by atoms with E-state index in [-0.39, 0.29) is 34.6 Å². The zero-order valence-electron chi connectivity index (χ0n) is 14.5. The number of amidine groups is 1. The van der Waals surface area contributed by atoms with Gasteiger partial charge in [0.15, 0.2) is 15.0 Å². The monoisotopic (exact) mass is 434 g/mol. The molecule has 0 bridgehead atoms. The molecule has 1 aromatic rings. The fourth-order valence-electron chi connectivity index (χ4n) is 3.35. The number of amides is 1. The molecule has 2 aliphatic rings. The number of nitrogens with zero attached hydrogens (tertiary/aromatic N) is 2. The lowest BCUT2D eigenvalue weighted by Gasteiger charge is -2.25. The number of fused-ring (bicyclic) bond motifs is 1. The zero-order chi connectivity index (χ0) is 19.1. The quantitative estimate of drug-likeness (QED) is 0.715. The largest absolute Gasteiger partial charge is 0.314 e. The average molecular weight is 435 g/mol. The number of thioether (sulfide) groups is 1. The van der Waals surface area contributed by atoms with E-state index >= 15 is 0 Å². The molecular formula is C17H20Cl2N2O3S2. The van der Waals surface area contributed by atoms with Crippen LogP contribution in [0.5, 0.6) is 0 Å². The predicted octanol–water partition coefficient (Wildman–Crippen LogP) is 4.03. The third-order valence-corrected chi connectivity index (χ3v) is 8.52. The van der Waals surface area contributed by atoms with Crippen LogP contribution in [0.3, 0.4) is 0 Å². The molecule has 2 fully saturated rings. The number of halogens is 2. The van der Waals surface area contributed by atoms with E-state index in [9.17, 15) is 13.2 Å². The number of sulfone groups is 1. The smallest absolute Gasteiger partial charge is 0.251 e. The van der Waals surface area contributed by atoms with Crippen molar-refractivity contribution in [1.29, 1.82) is 0 Å². The van der Waals surface area contributed by atoms with Gasteiger partial charge in [0.1, 0.15) is 0 Å². The average Bonchev–Trinajstić information content (AvgIpc) is 3.00. The summed E-state index contributed by atoms with van der Waals surface area (Å²) < 4.78 is 24.2. The first kappa shape index (κ1) is 20.0. The van der Waals surface area contributed by atoms with Gasteiger partial charge in [0.2, 0.25) is 0 Å². The SMILES string of the molecule is CCC(CC)C(=O)N=C1S[C@@H]2CS(=O)(=O)C[C@@H]2N1c1ccc(Cl)cc1Cl. The Morgan fingerprint density at radius 1 is 1.31 bits per heavy atom. The summed E-state index contributed by atoms with van der Waals surface area (Å²) in [4.78, 5) is 18.7. The first-order chi connectivity index (χ1) is 12.3. The van der Waals surface area contributed by atoms with Gasteiger partial charge in [0.05, 0.1) is 28.3 Å². The predicted molar refractivity (Wildman–Crippen MR) is 109 cm³/mol. The third-order valence-electron chi connectivity index (χ3n) is 4.78. The van der Waals surface area contributed by atoms with Crippen LogP contribution in [0.15, 0.2) is 23.2 Å². The van der Waals surface area contributed by atoms with Gasteiger partial charge >= 0.3 is 0 Å². The third kappa shape index (κ3) is 3.91. The summed E-state index contributed by atoms with van der Waals surface area (Å²) in [6.45, 7) is 3.92. The minimum Gasteiger partial charge on any atom is -0.314 e. The topological polar surface area (TPSA) is 66.8 Å². The molecule has 1 amide bonds. The molecule has 0 saturated carbocycles. The molecule has 2 heterocycles. The van der Waals surface area contributed by atoms with Crippen molar-refractivity contribution >= 4 is 61.6 Å². The van der Waals surface area contributed by atoms with Crippen molar-refractivity contribution in [2.24, 2.45) is 10.9 Å². The highest BCUT2D eigenvalue weighted by Gasteiger charge is 2.49. The molecule has 26 heavy (non-hydrogen) atoms. The van der Waals surface area contributed by atoms with Gasteiger partial charge in [-0.05, 0) is 31.0 Å². The minimum absolute atomic E-state index is 0.0296. The molecule has 9 heteroatoms. The molecule has 5 nitrogen and oxygen atoms in total. The number of hydrogen-bond donors (Lipinski definition) is 0. The van der Waals surface area contributed by atoms with E-state index in [1.807, 2.05) is 13.8 Å². The van der Waals surface area contributed by atoms with Crippen LogP contribution in [0.2, 0.25) is 10.0 Å². The number of rotatable bonds is 4. The number of aliphatic imine (C=N–C) groups is 1. The summed E-state index contributed by atoms with van der Waals surface area (Å²) in [6.07, 6.45) is 1.44. The maximum absolute atomic E-state index is 12.5. The minimum atomic E-state index is -3.12. The second-order valence-electron chi connectivity index (χ2n) is 6.51. The van der Waals surface area contributed by atoms with Gasteiger partial charge in [0, 0.05) is 16.2 Å². The molecule has 0 N–H and O–H groups in total. The highest BCUT2D eigenvalue weighted by Crippen LogP contribution is 2.43. The normalized spacial score (nSPS) is 25.9. The first-order valence-corrected chi connectivity index (χ1v) is 11.9. The van der Waals surface area contributed by atoms with Crippen LogP contribution in [-0.2, 0) is 14.6 Å². The number of carbonyl (C=O) groups excluding carboxylic acids is 1. The molecule has 2 aliphatic heterocycles. The number of hydrogen-bond acceptors (Lipinski definition) is 4. The van der Waals surface area contributed by atoms with Crippen LogP contribution in [0.1, 0.15) is 26.7 Å². The summed E-state index contributed by atoms with van der Waals surface area (Å²) in [6, 6.07) is 4.78. The molecule has 3 rings (SSSR count). The fourth-order valence-corrected chi connectivity index (χ4v) is 7.76. The molecule has 0 radical (unpaired) electrons. The molecule has 142 valence electrons. The Balaban J connectivity index is 2.02. The highest BCUT2D eigenvalue weighted by atomic mass is 35.5. The van der Waals surface area contributed by atoms with Crippen molar-refractivity contribution in [3.05, 3.63) is 28.2 Å². The Hall–Kier alpha value is -0.760. The zero-order valence-corrected chi connectivity index (χ0v) is 17.6. The van der Waals surface area contributed by atoms with E-state index in [0.717, 1.165) is 12.8 Å². The highest BCUT2D eigenvalue weighted by molar-refractivity contribution is 8.16. The molecule has 0 unspecified atom stereocenters. The number of anilines is 1. The standard InChI is InChI=1S/C17H20Cl2N2O3S2/c1-3-10(4-2)16(22)20-17-21(13-6-5-11(18)7-12(13)19)14-8-26(23,24)9-15(14)25-17/h5-7,10,14-15H,3-4,8-9H2,1-2H3/t14-,15+/m0/s1. The van der Waals surface area contributed by atoms with Crippen molar-refractivity contribution in [1.82, 2.24) is 0 Å². The van der Waals surface area contributed by atoms with E-state index in [0.29, 0.717) is 20.9 Å². The van der Waals surface area contributed by atoms with Crippen molar-refractivity contribution in [2.75, 3.05) is 16.4 Å². The lowest BCUT2D eigenvalue weighted by Crippen LogP contribution is -2.38. The van der Waals surface area contributed by atoms with Gasteiger partial charge in [-0.25, -0.2) is 8.42 Å². The Morgan fingerprint density at radius 3 is 2.62 bits per heavy atom. The van der Waals surface area contributed by atoms with E-state index in [1.54, 1.807) is 23.1 Å². The van der Waals surface area contributed by atoms with Crippen LogP contribution >= 0.6 is 35.0 Å². The van der Waals surface area contributed by atoms with Gasteiger partial charge in [-0.3, -0.25) is 4.79 Å². The lowest BCUT2D eigenvalue weighted by molar-refractivity contribution is -0.121. The second-order valence-corrected chi connectivity index (χ2v) is 10.7. The molecule has 0 aromatic heterocycles. The number of carbonyl (C=O) groups is 1. The van der Waals surface area contributed by atoms with Gasteiger partial charge in [0.25, 0.3) is 5.91 Å². The Bertz CT molecular complexity index is 854. The molecule has 0 spiro atoms. The summed E-state index contributed by atoms with van der Waals surface area (Å²) in [5, 5.41) is 1.27. The Morgan fingerprint density at radius 2 is 2.00 bits per heavy atom. The maximum atomic E-state index is 12.5. The summed E-state index contributed by atoms with van der Waals surface area (Å²) >= 11 is 13.7. The van der Waals surface area contributed by atoms with Gasteiger partial charge in [-0.15, -0.1) is 0 Å². The first-order valence-electron chi connectivity index (χ1n) is 8.49. The van der Waals surface area contributed by atoms with Crippen molar-refractivity contribution in [3.63, 3.8) is 0 Å². The van der Waals surface area contributed by atoms with Crippen molar-refractivity contribution in [3.8, 4) is 0 Å². The fraction of sp³-hybridized carbons (Fsp3) is 0.529. The van der Waals surface area contributed by atoms with Gasteiger partial charge < -0.3 is 4.90 Å². The Labute approximate surface area is 168 Å². The maximum Gasteiger partial charge on any atom is 0.251 e. The molecule has 2 atom stereocenters. The van der Waals surface area contributed by atoms with Crippen LogP contribution in [-0.4, -0.2) is 42.3 Å². The molecular weight excluding hydrogens is 415 g/mol. The van der Waals surface area contributed by atoms with E-state index < -0.39 is 9.84 Å². The molecule has 1 aromatic carbocycles. The summed E-state index contributed by atoms with van der Waals surface area (Å²) in [7, 11) is -3.12. The molecule has 0 aliphatic carbocycles.